The molecule has 1 unspecified atom stereocenters. The molecule has 0 aromatic heterocycles. The van der Waals surface area contributed by atoms with Crippen LogP contribution in [0.5, 0.6) is 0 Å². The van der Waals surface area contributed by atoms with Gasteiger partial charge in [0.25, 0.3) is 5.91 Å². The molecule has 6 amide bonds. The molecule has 12 nitrogen and oxygen atoms in total. The molecule has 1 spiro atoms. The second-order valence-corrected chi connectivity index (χ2v) is 9.65. The Kier molecular flexibility index (Phi) is 6.58. The number of aryl methyl sites for hydroxylation is 1. The van der Waals surface area contributed by atoms with Gasteiger partial charge in [0.2, 0.25) is 11.5 Å². The lowest BCUT2D eigenvalue weighted by Gasteiger charge is -2.44. The number of amides is 6. The molecule has 2 aliphatic heterocycles. The van der Waals surface area contributed by atoms with Gasteiger partial charge in [-0.05, 0) is 41.8 Å². The summed E-state index contributed by atoms with van der Waals surface area (Å²) in [5, 5.41) is 14.3. The second-order valence-electron chi connectivity index (χ2n) is 9.65. The first-order chi connectivity index (χ1) is 18.6. The average molecular weight is 540 g/mol. The van der Waals surface area contributed by atoms with Crippen molar-refractivity contribution in [2.24, 2.45) is 0 Å². The van der Waals surface area contributed by atoms with E-state index in [1.54, 1.807) is 18.2 Å². The third-order valence-corrected chi connectivity index (χ3v) is 7.30. The van der Waals surface area contributed by atoms with Crippen LogP contribution in [0.25, 0.3) is 0 Å². The summed E-state index contributed by atoms with van der Waals surface area (Å²) in [6.45, 7) is -0.395. The van der Waals surface area contributed by atoms with Crippen LogP contribution in [0.4, 0.5) is 24.5 Å². The SMILES string of the molecule is CNC(=O)Nc1ccc2c(c1)CCC21OC(=O)N(CC(=O)N(Cc2ccc(F)cc2)C2CN(C(=O)O)C2)C1=O. The minimum atomic E-state index is -1.56. The van der Waals surface area contributed by atoms with Crippen LogP contribution in [0.2, 0.25) is 0 Å². The van der Waals surface area contributed by atoms with E-state index in [-0.39, 0.29) is 26.1 Å². The fourth-order valence-corrected chi connectivity index (χ4v) is 5.17. The maximum atomic E-state index is 13.6. The minimum Gasteiger partial charge on any atom is -0.465 e. The summed E-state index contributed by atoms with van der Waals surface area (Å²) >= 11 is 0. The number of urea groups is 1. The van der Waals surface area contributed by atoms with Gasteiger partial charge in [-0.25, -0.2) is 23.7 Å². The highest BCUT2D eigenvalue weighted by atomic mass is 19.1. The molecular weight excluding hydrogens is 513 g/mol. The van der Waals surface area contributed by atoms with Gasteiger partial charge < -0.3 is 30.3 Å². The van der Waals surface area contributed by atoms with Gasteiger partial charge in [-0.15, -0.1) is 0 Å². The Labute approximate surface area is 222 Å². The van der Waals surface area contributed by atoms with Gasteiger partial charge in [-0.3, -0.25) is 9.59 Å². The number of carboxylic acid groups (broad SMARTS) is 1. The molecular formula is C26H26FN5O7. The molecule has 204 valence electrons. The number of nitrogens with zero attached hydrogens (tertiary/aromatic N) is 3. The number of nitrogens with one attached hydrogen (secondary N) is 2. The van der Waals surface area contributed by atoms with Crippen LogP contribution in [0.3, 0.4) is 0 Å². The predicted octanol–water partition coefficient (Wildman–Crippen LogP) is 2.09. The van der Waals surface area contributed by atoms with Crippen molar-refractivity contribution in [2.75, 3.05) is 32.0 Å². The van der Waals surface area contributed by atoms with Crippen molar-refractivity contribution in [3.05, 3.63) is 65.0 Å². The number of rotatable bonds is 6. The Morgan fingerprint density at radius 1 is 1.15 bits per heavy atom. The fraction of sp³-hybridized carbons (Fsp3) is 0.346. The molecule has 3 N–H and O–H groups in total. The van der Waals surface area contributed by atoms with Gasteiger partial charge in [0.15, 0.2) is 0 Å². The molecule has 1 atom stereocenters. The monoisotopic (exact) mass is 539 g/mol. The van der Waals surface area contributed by atoms with Crippen molar-refractivity contribution < 1.29 is 38.2 Å². The summed E-state index contributed by atoms with van der Waals surface area (Å²) in [6.07, 6.45) is -1.45. The largest absolute Gasteiger partial charge is 0.465 e. The molecule has 2 saturated heterocycles. The number of benzene rings is 2. The van der Waals surface area contributed by atoms with Crippen LogP contribution in [-0.2, 0) is 32.9 Å². The maximum Gasteiger partial charge on any atom is 0.418 e. The summed E-state index contributed by atoms with van der Waals surface area (Å²) < 4.78 is 19.0. The number of likely N-dealkylation sites (tertiary alicyclic amines) is 1. The standard InChI is InChI=1S/C26H26FN5O7/c1-28-23(35)29-18-6-7-20-16(10-18)8-9-26(20)22(34)32(25(38)39-26)14-21(33)31(19-12-30(13-19)24(36)37)11-15-2-4-17(27)5-3-15/h2-7,10,19H,8-9,11-14H2,1H3,(H,36,37)(H2,28,29,35). The van der Waals surface area contributed by atoms with Gasteiger partial charge in [0.1, 0.15) is 12.4 Å². The zero-order chi connectivity index (χ0) is 27.9. The van der Waals surface area contributed by atoms with Crippen molar-refractivity contribution in [1.82, 2.24) is 20.0 Å². The molecule has 39 heavy (non-hydrogen) atoms. The first-order valence-corrected chi connectivity index (χ1v) is 12.3. The maximum absolute atomic E-state index is 13.6. The average Bonchev–Trinajstić information content (AvgIpc) is 3.35. The van der Waals surface area contributed by atoms with Crippen LogP contribution in [-0.4, -0.2) is 82.6 Å². The Hall–Kier alpha value is -4.68. The first kappa shape index (κ1) is 25.9. The van der Waals surface area contributed by atoms with E-state index in [0.717, 1.165) is 15.4 Å². The molecule has 5 rings (SSSR count). The molecule has 3 aliphatic rings. The highest BCUT2D eigenvalue weighted by Crippen LogP contribution is 2.46. The quantitative estimate of drug-likeness (QED) is 0.509. The molecule has 0 saturated carbocycles. The van der Waals surface area contributed by atoms with Crippen molar-refractivity contribution in [2.45, 2.75) is 31.0 Å². The van der Waals surface area contributed by atoms with Gasteiger partial charge in [0.05, 0.1) is 6.04 Å². The van der Waals surface area contributed by atoms with Gasteiger partial charge in [-0.1, -0.05) is 18.2 Å². The molecule has 2 heterocycles. The smallest absolute Gasteiger partial charge is 0.418 e. The van der Waals surface area contributed by atoms with Crippen LogP contribution in [0.15, 0.2) is 42.5 Å². The molecule has 2 fully saturated rings. The third kappa shape index (κ3) is 4.71. The number of hydrogen-bond donors (Lipinski definition) is 3. The van der Waals surface area contributed by atoms with Gasteiger partial charge >= 0.3 is 18.2 Å². The van der Waals surface area contributed by atoms with Gasteiger partial charge in [0, 0.05) is 44.4 Å². The van der Waals surface area contributed by atoms with E-state index in [4.69, 9.17) is 4.74 Å². The molecule has 2 aromatic carbocycles. The van der Waals surface area contributed by atoms with E-state index in [1.807, 2.05) is 0 Å². The van der Waals surface area contributed by atoms with Gasteiger partial charge in [-0.2, -0.15) is 0 Å². The number of imide groups is 1. The summed E-state index contributed by atoms with van der Waals surface area (Å²) in [7, 11) is 1.48. The Bertz CT molecular complexity index is 1360. The van der Waals surface area contributed by atoms with E-state index < -0.39 is 54.0 Å². The summed E-state index contributed by atoms with van der Waals surface area (Å²) in [5.41, 5.74) is 0.797. The molecule has 0 radical (unpaired) electrons. The fourth-order valence-electron chi connectivity index (χ4n) is 5.17. The van der Waals surface area contributed by atoms with Crippen LogP contribution >= 0.6 is 0 Å². The van der Waals surface area contributed by atoms with E-state index in [1.165, 1.54) is 36.2 Å². The minimum absolute atomic E-state index is 0.0450. The number of ether oxygens (including phenoxy) is 1. The molecule has 1 aliphatic carbocycles. The first-order valence-electron chi connectivity index (χ1n) is 12.3. The van der Waals surface area contributed by atoms with Crippen molar-refractivity contribution in [3.63, 3.8) is 0 Å². The number of carbonyl (C=O) groups is 5. The zero-order valence-corrected chi connectivity index (χ0v) is 21.0. The topological polar surface area (TPSA) is 149 Å². The Balaban J connectivity index is 1.34. The van der Waals surface area contributed by atoms with E-state index in [2.05, 4.69) is 10.6 Å². The van der Waals surface area contributed by atoms with Crippen molar-refractivity contribution in [3.8, 4) is 0 Å². The lowest BCUT2D eigenvalue weighted by atomic mass is 9.94. The summed E-state index contributed by atoms with van der Waals surface area (Å²) in [5.74, 6) is -1.67. The Morgan fingerprint density at radius 2 is 1.87 bits per heavy atom. The number of anilines is 1. The Morgan fingerprint density at radius 3 is 2.54 bits per heavy atom. The highest BCUT2D eigenvalue weighted by molar-refractivity contribution is 6.06. The summed E-state index contributed by atoms with van der Waals surface area (Å²) in [6, 6.07) is 9.58. The van der Waals surface area contributed by atoms with E-state index >= 15 is 0 Å². The normalized spacial score (nSPS) is 19.9. The van der Waals surface area contributed by atoms with Crippen LogP contribution in [0.1, 0.15) is 23.1 Å². The summed E-state index contributed by atoms with van der Waals surface area (Å²) in [4.78, 5) is 66.1. The number of fused-ring (bicyclic) bond motifs is 2. The number of halogens is 1. The zero-order valence-electron chi connectivity index (χ0n) is 21.0. The van der Waals surface area contributed by atoms with Crippen LogP contribution < -0.4 is 10.6 Å². The predicted molar refractivity (Wildman–Crippen MR) is 133 cm³/mol. The highest BCUT2D eigenvalue weighted by Gasteiger charge is 2.58. The number of hydrogen-bond acceptors (Lipinski definition) is 6. The molecule has 13 heteroatoms. The lowest BCUT2D eigenvalue weighted by Crippen LogP contribution is -2.62. The molecule has 0 bridgehead atoms. The van der Waals surface area contributed by atoms with Crippen molar-refractivity contribution >= 4 is 35.7 Å². The van der Waals surface area contributed by atoms with E-state index in [9.17, 15) is 33.5 Å². The van der Waals surface area contributed by atoms with Crippen LogP contribution in [0, 0.1) is 5.82 Å². The lowest BCUT2D eigenvalue weighted by molar-refractivity contribution is -0.144. The molecule has 2 aromatic rings. The van der Waals surface area contributed by atoms with Crippen molar-refractivity contribution in [1.29, 1.82) is 0 Å². The van der Waals surface area contributed by atoms with E-state index in [0.29, 0.717) is 23.2 Å². The second kappa shape index (κ2) is 9.89. The third-order valence-electron chi connectivity index (χ3n) is 7.30. The number of carbonyl (C=O) groups excluding carboxylic acids is 4.